The second-order valence-electron chi connectivity index (χ2n) is 8.86. The Kier molecular flexibility index (Phi) is 10.2. The molecule has 0 saturated heterocycles. The van der Waals surface area contributed by atoms with Crippen LogP contribution in [0.5, 0.6) is 5.75 Å². The number of carbonyl (C=O) groups is 2. The zero-order valence-corrected chi connectivity index (χ0v) is 24.5. The number of nitrogens with one attached hydrogen (secondary N) is 1. The number of methoxy groups -OCH3 is 1. The minimum absolute atomic E-state index is 0.0181. The second-order valence-corrected chi connectivity index (χ2v) is 11.6. The number of anilines is 1. The van der Waals surface area contributed by atoms with Gasteiger partial charge in [0.1, 0.15) is 18.3 Å². The van der Waals surface area contributed by atoms with Crippen LogP contribution in [0.2, 0.25) is 10.0 Å². The molecule has 0 spiro atoms. The Morgan fingerprint density at radius 3 is 2.23 bits per heavy atom. The third-order valence-electron chi connectivity index (χ3n) is 6.09. The van der Waals surface area contributed by atoms with Gasteiger partial charge in [-0.2, -0.15) is 0 Å². The van der Waals surface area contributed by atoms with Gasteiger partial charge in [-0.3, -0.25) is 13.9 Å². The van der Waals surface area contributed by atoms with E-state index in [0.717, 1.165) is 15.4 Å². The normalized spacial score (nSPS) is 11.9. The zero-order chi connectivity index (χ0) is 28.7. The summed E-state index contributed by atoms with van der Waals surface area (Å²) in [6.45, 7) is 5.03. The van der Waals surface area contributed by atoms with E-state index in [4.69, 9.17) is 27.9 Å². The molecule has 2 amide bonds. The van der Waals surface area contributed by atoms with Crippen molar-refractivity contribution in [3.8, 4) is 5.75 Å². The molecular formula is C28H31Cl2N3O5S. The summed E-state index contributed by atoms with van der Waals surface area (Å²) >= 11 is 12.6. The molecule has 11 heteroatoms. The molecule has 0 radical (unpaired) electrons. The predicted octanol–water partition coefficient (Wildman–Crippen LogP) is 5.06. The Morgan fingerprint density at radius 1 is 1.00 bits per heavy atom. The molecule has 0 aromatic heterocycles. The molecule has 3 rings (SSSR count). The van der Waals surface area contributed by atoms with Crippen molar-refractivity contribution in [3.63, 3.8) is 0 Å². The highest BCUT2D eigenvalue weighted by atomic mass is 35.5. The van der Waals surface area contributed by atoms with Gasteiger partial charge < -0.3 is 15.0 Å². The van der Waals surface area contributed by atoms with E-state index in [9.17, 15) is 18.0 Å². The summed E-state index contributed by atoms with van der Waals surface area (Å²) in [5.74, 6) is -0.330. The molecule has 3 aromatic carbocycles. The minimum atomic E-state index is -4.25. The first-order chi connectivity index (χ1) is 18.5. The molecule has 0 saturated carbocycles. The standard InChI is InChI=1S/C28H31Cl2N3O5S/c1-5-31-28(35)20(3)32(17-21-8-11-23(38-4)12-9-21)27(34)18-33(26-16-22(29)10-15-25(26)30)39(36,37)24-13-6-19(2)7-14-24/h6-16,20H,5,17-18H2,1-4H3,(H,31,35). The highest BCUT2D eigenvalue weighted by Crippen LogP contribution is 2.33. The number of hydrogen-bond donors (Lipinski definition) is 1. The summed E-state index contributed by atoms with van der Waals surface area (Å²) in [7, 11) is -2.70. The predicted molar refractivity (Wildman–Crippen MR) is 154 cm³/mol. The van der Waals surface area contributed by atoms with E-state index >= 15 is 0 Å². The van der Waals surface area contributed by atoms with Crippen LogP contribution in [0.3, 0.4) is 0 Å². The SMILES string of the molecule is CCNC(=O)C(C)N(Cc1ccc(OC)cc1)C(=O)CN(c1cc(Cl)ccc1Cl)S(=O)(=O)c1ccc(C)cc1. The Labute approximate surface area is 239 Å². The van der Waals surface area contributed by atoms with Crippen LogP contribution in [-0.2, 0) is 26.2 Å². The van der Waals surface area contributed by atoms with E-state index in [1.807, 2.05) is 6.92 Å². The molecular weight excluding hydrogens is 561 g/mol. The number of nitrogens with zero attached hydrogens (tertiary/aromatic N) is 2. The molecule has 0 bridgehead atoms. The highest BCUT2D eigenvalue weighted by molar-refractivity contribution is 7.92. The number of rotatable bonds is 11. The van der Waals surface area contributed by atoms with Crippen molar-refractivity contribution in [3.05, 3.63) is 87.9 Å². The number of aryl methyl sites for hydroxylation is 1. The van der Waals surface area contributed by atoms with Crippen molar-refractivity contribution in [1.29, 1.82) is 0 Å². The molecule has 0 fully saturated rings. The van der Waals surface area contributed by atoms with Crippen molar-refractivity contribution in [2.45, 2.75) is 38.3 Å². The third kappa shape index (κ3) is 7.44. The molecule has 208 valence electrons. The van der Waals surface area contributed by atoms with E-state index in [-0.39, 0.29) is 33.1 Å². The molecule has 0 heterocycles. The van der Waals surface area contributed by atoms with E-state index in [0.29, 0.717) is 12.3 Å². The highest BCUT2D eigenvalue weighted by Gasteiger charge is 2.33. The lowest BCUT2D eigenvalue weighted by Crippen LogP contribution is -2.51. The van der Waals surface area contributed by atoms with Crippen LogP contribution in [0.25, 0.3) is 0 Å². The Hall–Kier alpha value is -3.27. The number of halogens is 2. The zero-order valence-electron chi connectivity index (χ0n) is 22.1. The third-order valence-corrected chi connectivity index (χ3v) is 8.42. The van der Waals surface area contributed by atoms with Gasteiger partial charge in [0.25, 0.3) is 10.0 Å². The summed E-state index contributed by atoms with van der Waals surface area (Å²) in [6, 6.07) is 16.8. The fourth-order valence-electron chi connectivity index (χ4n) is 3.86. The first kappa shape index (κ1) is 30.3. The van der Waals surface area contributed by atoms with Crippen molar-refractivity contribution in [2.24, 2.45) is 0 Å². The smallest absolute Gasteiger partial charge is 0.264 e. The number of ether oxygens (including phenoxy) is 1. The second kappa shape index (κ2) is 13.2. The lowest BCUT2D eigenvalue weighted by atomic mass is 10.1. The maximum atomic E-state index is 13.9. The van der Waals surface area contributed by atoms with Crippen LogP contribution in [-0.4, -0.2) is 51.4 Å². The number of sulfonamides is 1. The van der Waals surface area contributed by atoms with Crippen LogP contribution in [0.15, 0.2) is 71.6 Å². The van der Waals surface area contributed by atoms with Crippen LogP contribution in [0.1, 0.15) is 25.0 Å². The minimum Gasteiger partial charge on any atom is -0.497 e. The summed E-state index contributed by atoms with van der Waals surface area (Å²) in [5.41, 5.74) is 1.65. The lowest BCUT2D eigenvalue weighted by molar-refractivity contribution is -0.139. The first-order valence-electron chi connectivity index (χ1n) is 12.2. The Morgan fingerprint density at radius 2 is 1.64 bits per heavy atom. The number of amides is 2. The van der Waals surface area contributed by atoms with Gasteiger partial charge in [0.05, 0.1) is 22.7 Å². The van der Waals surface area contributed by atoms with Gasteiger partial charge in [0.2, 0.25) is 11.8 Å². The summed E-state index contributed by atoms with van der Waals surface area (Å²) in [4.78, 5) is 28.0. The molecule has 0 aliphatic heterocycles. The number of likely N-dealkylation sites (N-methyl/N-ethyl adjacent to an activating group) is 1. The van der Waals surface area contributed by atoms with Gasteiger partial charge in [-0.05, 0) is 68.8 Å². The molecule has 39 heavy (non-hydrogen) atoms. The van der Waals surface area contributed by atoms with E-state index in [2.05, 4.69) is 5.32 Å². The monoisotopic (exact) mass is 591 g/mol. The molecule has 1 N–H and O–H groups in total. The van der Waals surface area contributed by atoms with E-state index < -0.39 is 28.5 Å². The number of hydrogen-bond acceptors (Lipinski definition) is 5. The fraction of sp³-hybridized carbons (Fsp3) is 0.286. The van der Waals surface area contributed by atoms with E-state index in [1.165, 1.54) is 35.2 Å². The van der Waals surface area contributed by atoms with Gasteiger partial charge in [-0.25, -0.2) is 8.42 Å². The Bertz CT molecular complexity index is 1410. The van der Waals surface area contributed by atoms with Crippen LogP contribution >= 0.6 is 23.2 Å². The topological polar surface area (TPSA) is 96.0 Å². The summed E-state index contributed by atoms with van der Waals surface area (Å²) in [6.07, 6.45) is 0. The first-order valence-corrected chi connectivity index (χ1v) is 14.4. The molecule has 0 aliphatic rings. The maximum absolute atomic E-state index is 13.9. The average Bonchev–Trinajstić information content (AvgIpc) is 2.92. The van der Waals surface area contributed by atoms with Crippen molar-refractivity contribution >= 4 is 50.7 Å². The summed E-state index contributed by atoms with van der Waals surface area (Å²) < 4.78 is 33.9. The molecule has 3 aromatic rings. The number of benzene rings is 3. The largest absolute Gasteiger partial charge is 0.497 e. The van der Waals surface area contributed by atoms with Gasteiger partial charge in [0, 0.05) is 18.1 Å². The lowest BCUT2D eigenvalue weighted by Gasteiger charge is -2.32. The van der Waals surface area contributed by atoms with Crippen LogP contribution in [0.4, 0.5) is 5.69 Å². The van der Waals surface area contributed by atoms with Crippen LogP contribution < -0.4 is 14.4 Å². The van der Waals surface area contributed by atoms with Crippen molar-refractivity contribution < 1.29 is 22.7 Å². The van der Waals surface area contributed by atoms with Crippen LogP contribution in [0, 0.1) is 6.92 Å². The van der Waals surface area contributed by atoms with E-state index in [1.54, 1.807) is 57.4 Å². The van der Waals surface area contributed by atoms with Crippen molar-refractivity contribution in [1.82, 2.24) is 10.2 Å². The fourth-order valence-corrected chi connectivity index (χ4v) is 5.72. The Balaban J connectivity index is 2.06. The van der Waals surface area contributed by atoms with Crippen molar-refractivity contribution in [2.75, 3.05) is 24.5 Å². The quantitative estimate of drug-likeness (QED) is 0.336. The maximum Gasteiger partial charge on any atom is 0.264 e. The van der Waals surface area contributed by atoms with Gasteiger partial charge in [-0.1, -0.05) is 53.0 Å². The van der Waals surface area contributed by atoms with Gasteiger partial charge in [-0.15, -0.1) is 0 Å². The molecule has 1 unspecified atom stereocenters. The number of carbonyl (C=O) groups excluding carboxylic acids is 2. The molecule has 1 atom stereocenters. The van der Waals surface area contributed by atoms with Gasteiger partial charge >= 0.3 is 0 Å². The summed E-state index contributed by atoms with van der Waals surface area (Å²) in [5, 5.41) is 3.07. The van der Waals surface area contributed by atoms with Gasteiger partial charge in [0.15, 0.2) is 0 Å². The average molecular weight is 593 g/mol. The molecule has 0 aliphatic carbocycles. The molecule has 8 nitrogen and oxygen atoms in total.